The van der Waals surface area contributed by atoms with Crippen LogP contribution in [0.3, 0.4) is 0 Å². The smallest absolute Gasteiger partial charge is 0.257 e. The number of ether oxygens (including phenoxy) is 1. The van der Waals surface area contributed by atoms with Crippen LogP contribution in [-0.4, -0.2) is 30.6 Å². The van der Waals surface area contributed by atoms with Gasteiger partial charge in [0.05, 0.1) is 23.3 Å². The summed E-state index contributed by atoms with van der Waals surface area (Å²) in [5, 5.41) is 6.55. The van der Waals surface area contributed by atoms with E-state index < -0.39 is 0 Å². The fraction of sp³-hybridized carbons (Fsp3) is 0.250. The Morgan fingerprint density at radius 2 is 2.14 bits per heavy atom. The normalized spacial score (nSPS) is 18.0. The molecule has 1 fully saturated rings. The van der Waals surface area contributed by atoms with Crippen LogP contribution in [0.4, 0.5) is 5.69 Å². The van der Waals surface area contributed by atoms with Crippen LogP contribution in [0.25, 0.3) is 0 Å². The van der Waals surface area contributed by atoms with Crippen molar-refractivity contribution < 1.29 is 9.53 Å². The Hall–Kier alpha value is -1.95. The molecule has 1 unspecified atom stereocenters. The largest absolute Gasteiger partial charge is 0.371 e. The second kappa shape index (κ2) is 6.87. The highest BCUT2D eigenvalue weighted by Crippen LogP contribution is 2.21. The molecule has 1 atom stereocenters. The minimum Gasteiger partial charge on any atom is -0.371 e. The maximum Gasteiger partial charge on any atom is 0.257 e. The summed E-state index contributed by atoms with van der Waals surface area (Å²) in [6.45, 7) is 2.41. The number of hydrogen-bond acceptors (Lipinski definition) is 4. The van der Waals surface area contributed by atoms with Gasteiger partial charge in [0.1, 0.15) is 0 Å². The van der Waals surface area contributed by atoms with Crippen molar-refractivity contribution in [2.75, 3.05) is 25.0 Å². The average molecular weight is 318 g/mol. The minimum atomic E-state index is -0.238. The number of nitrogens with zero attached hydrogens (tertiary/aromatic N) is 1. The number of rotatable bonds is 3. The van der Waals surface area contributed by atoms with Gasteiger partial charge in [-0.2, -0.15) is 0 Å². The zero-order valence-corrected chi connectivity index (χ0v) is 12.6. The lowest BCUT2D eigenvalue weighted by molar-refractivity contribution is 0.0277. The molecule has 0 aliphatic carbocycles. The van der Waals surface area contributed by atoms with Crippen LogP contribution < -0.4 is 10.6 Å². The molecule has 6 heteroatoms. The molecule has 114 valence electrons. The van der Waals surface area contributed by atoms with Crippen molar-refractivity contribution in [1.29, 1.82) is 0 Å². The fourth-order valence-electron chi connectivity index (χ4n) is 2.30. The summed E-state index contributed by atoms with van der Waals surface area (Å²) in [6.07, 6.45) is 3.04. The van der Waals surface area contributed by atoms with E-state index in [0.717, 1.165) is 24.3 Å². The van der Waals surface area contributed by atoms with E-state index in [2.05, 4.69) is 15.6 Å². The van der Waals surface area contributed by atoms with E-state index >= 15 is 0 Å². The van der Waals surface area contributed by atoms with E-state index in [9.17, 15) is 4.79 Å². The number of benzene rings is 1. The summed E-state index contributed by atoms with van der Waals surface area (Å²) in [6, 6.07) is 9.24. The third-order valence-corrected chi connectivity index (χ3v) is 3.64. The van der Waals surface area contributed by atoms with Gasteiger partial charge in [-0.15, -0.1) is 0 Å². The molecule has 0 spiro atoms. The first-order valence-corrected chi connectivity index (χ1v) is 7.44. The molecule has 22 heavy (non-hydrogen) atoms. The summed E-state index contributed by atoms with van der Waals surface area (Å²) in [5.74, 6) is -0.238. The highest BCUT2D eigenvalue weighted by molar-refractivity contribution is 6.30. The van der Waals surface area contributed by atoms with E-state index in [4.69, 9.17) is 16.3 Å². The third kappa shape index (κ3) is 3.62. The van der Waals surface area contributed by atoms with Crippen molar-refractivity contribution in [2.24, 2.45) is 0 Å². The van der Waals surface area contributed by atoms with Gasteiger partial charge in [-0.3, -0.25) is 9.78 Å². The van der Waals surface area contributed by atoms with Crippen LogP contribution in [-0.2, 0) is 4.74 Å². The lowest BCUT2D eigenvalue weighted by Crippen LogP contribution is -2.33. The van der Waals surface area contributed by atoms with Gasteiger partial charge in [0, 0.05) is 31.2 Å². The molecule has 3 rings (SSSR count). The number of amides is 1. The number of carbonyl (C=O) groups is 1. The highest BCUT2D eigenvalue weighted by Gasteiger charge is 2.15. The minimum absolute atomic E-state index is 0.0654. The Balaban J connectivity index is 1.66. The van der Waals surface area contributed by atoms with Crippen LogP contribution >= 0.6 is 11.6 Å². The second-order valence-electron chi connectivity index (χ2n) is 5.03. The van der Waals surface area contributed by atoms with Crippen LogP contribution in [0, 0.1) is 0 Å². The molecule has 1 aromatic heterocycles. The van der Waals surface area contributed by atoms with Gasteiger partial charge >= 0.3 is 0 Å². The summed E-state index contributed by atoms with van der Waals surface area (Å²) in [7, 11) is 0. The number of anilines is 1. The van der Waals surface area contributed by atoms with Crippen molar-refractivity contribution in [1.82, 2.24) is 10.3 Å². The van der Waals surface area contributed by atoms with Gasteiger partial charge in [0.2, 0.25) is 0 Å². The molecule has 2 heterocycles. The van der Waals surface area contributed by atoms with Crippen molar-refractivity contribution >= 4 is 23.2 Å². The van der Waals surface area contributed by atoms with E-state index in [-0.39, 0.29) is 12.0 Å². The Morgan fingerprint density at radius 1 is 1.32 bits per heavy atom. The van der Waals surface area contributed by atoms with Crippen LogP contribution in [0.5, 0.6) is 0 Å². The monoisotopic (exact) mass is 317 g/mol. The third-order valence-electron chi connectivity index (χ3n) is 3.44. The van der Waals surface area contributed by atoms with Gasteiger partial charge in [-0.1, -0.05) is 23.7 Å². The number of pyridine rings is 1. The molecule has 1 aromatic carbocycles. The number of carbonyl (C=O) groups excluding carboxylic acids is 1. The standard InChI is InChI=1S/C16H16ClN3O2/c17-13-7-12(8-19-9-13)16(21)20-14-3-1-11(2-4-14)15-10-18-5-6-22-15/h1-4,7-9,15,18H,5-6,10H2,(H,20,21). The number of nitrogens with one attached hydrogen (secondary N) is 2. The van der Waals surface area contributed by atoms with Gasteiger partial charge in [-0.25, -0.2) is 0 Å². The summed E-state index contributed by atoms with van der Waals surface area (Å²) < 4.78 is 5.69. The molecule has 2 aromatic rings. The van der Waals surface area contributed by atoms with Crippen molar-refractivity contribution in [3.05, 3.63) is 58.9 Å². The van der Waals surface area contributed by atoms with Crippen LogP contribution in [0.2, 0.25) is 5.02 Å². The molecular weight excluding hydrogens is 302 g/mol. The number of hydrogen-bond donors (Lipinski definition) is 2. The van der Waals surface area contributed by atoms with Crippen LogP contribution in [0.15, 0.2) is 42.7 Å². The lowest BCUT2D eigenvalue weighted by Gasteiger charge is -2.24. The van der Waals surface area contributed by atoms with Crippen molar-refractivity contribution in [2.45, 2.75) is 6.10 Å². The van der Waals surface area contributed by atoms with Gasteiger partial charge < -0.3 is 15.4 Å². The summed E-state index contributed by atoms with van der Waals surface area (Å²) >= 11 is 5.84. The van der Waals surface area contributed by atoms with Gasteiger partial charge in [0.25, 0.3) is 5.91 Å². The zero-order valence-electron chi connectivity index (χ0n) is 11.9. The SMILES string of the molecule is O=C(Nc1ccc(C2CNCCO2)cc1)c1cncc(Cl)c1. The second-order valence-corrected chi connectivity index (χ2v) is 5.47. The molecule has 1 amide bonds. The first-order valence-electron chi connectivity index (χ1n) is 7.06. The molecule has 2 N–H and O–H groups in total. The van der Waals surface area contributed by atoms with Crippen molar-refractivity contribution in [3.63, 3.8) is 0 Å². The fourth-order valence-corrected chi connectivity index (χ4v) is 2.47. The first kappa shape index (κ1) is 15.0. The molecule has 5 nitrogen and oxygen atoms in total. The lowest BCUT2D eigenvalue weighted by atomic mass is 10.1. The number of aromatic nitrogens is 1. The first-order chi connectivity index (χ1) is 10.7. The molecule has 0 radical (unpaired) electrons. The maximum atomic E-state index is 12.1. The van der Waals surface area contributed by atoms with E-state index in [1.165, 1.54) is 12.4 Å². The van der Waals surface area contributed by atoms with Gasteiger partial charge in [0.15, 0.2) is 0 Å². The summed E-state index contributed by atoms with van der Waals surface area (Å²) in [4.78, 5) is 16.0. The molecule has 1 aliphatic heterocycles. The average Bonchev–Trinajstić information content (AvgIpc) is 2.56. The number of morpholine rings is 1. The maximum absolute atomic E-state index is 12.1. The molecule has 1 saturated heterocycles. The summed E-state index contributed by atoms with van der Waals surface area (Å²) in [5.41, 5.74) is 2.24. The van der Waals surface area contributed by atoms with Crippen molar-refractivity contribution in [3.8, 4) is 0 Å². The molecule has 1 aliphatic rings. The van der Waals surface area contributed by atoms with E-state index in [1.54, 1.807) is 6.07 Å². The Labute approximate surface area is 133 Å². The molecule has 0 saturated carbocycles. The van der Waals surface area contributed by atoms with Crippen LogP contribution in [0.1, 0.15) is 22.0 Å². The number of halogens is 1. The quantitative estimate of drug-likeness (QED) is 0.913. The van der Waals surface area contributed by atoms with E-state index in [1.807, 2.05) is 24.3 Å². The Kier molecular flexibility index (Phi) is 4.68. The van der Waals surface area contributed by atoms with E-state index in [0.29, 0.717) is 17.2 Å². The Morgan fingerprint density at radius 3 is 2.82 bits per heavy atom. The zero-order chi connectivity index (χ0) is 15.4. The predicted octanol–water partition coefficient (Wildman–Crippen LogP) is 2.65. The highest BCUT2D eigenvalue weighted by atomic mass is 35.5. The van der Waals surface area contributed by atoms with Gasteiger partial charge in [-0.05, 0) is 23.8 Å². The topological polar surface area (TPSA) is 63.2 Å². The predicted molar refractivity (Wildman–Crippen MR) is 85.2 cm³/mol. The molecule has 0 bridgehead atoms. The Bertz CT molecular complexity index is 655. The molecular formula is C16H16ClN3O2.